The molecular formula is C29H31FN4O2. The number of hydrogen-bond acceptors (Lipinski definition) is 4. The van der Waals surface area contributed by atoms with Gasteiger partial charge in [-0.2, -0.15) is 0 Å². The van der Waals surface area contributed by atoms with E-state index >= 15 is 0 Å². The van der Waals surface area contributed by atoms with E-state index in [1.165, 1.54) is 11.6 Å². The van der Waals surface area contributed by atoms with Gasteiger partial charge in [-0.25, -0.2) is 9.37 Å². The molecule has 1 aliphatic heterocycles. The van der Waals surface area contributed by atoms with Crippen LogP contribution in [0.1, 0.15) is 29.5 Å². The highest BCUT2D eigenvalue weighted by Crippen LogP contribution is 2.32. The number of nitrogens with two attached hydrogens (primary N) is 1. The van der Waals surface area contributed by atoms with Crippen LogP contribution < -0.4 is 10.5 Å². The van der Waals surface area contributed by atoms with E-state index in [0.717, 1.165) is 30.2 Å². The number of amides is 1. The largest absolute Gasteiger partial charge is 0.453 e. The molecule has 1 aliphatic rings. The normalized spacial score (nSPS) is 15.2. The Morgan fingerprint density at radius 2 is 1.92 bits per heavy atom. The van der Waals surface area contributed by atoms with E-state index < -0.39 is 11.9 Å². The summed E-state index contributed by atoms with van der Waals surface area (Å²) in [7, 11) is 0. The number of halogens is 1. The van der Waals surface area contributed by atoms with Gasteiger partial charge in [0.05, 0.1) is 11.4 Å². The van der Waals surface area contributed by atoms with E-state index in [1.54, 1.807) is 24.4 Å². The Morgan fingerprint density at radius 3 is 2.67 bits per heavy atom. The number of likely N-dealkylation sites (tertiary alicyclic amines) is 1. The molecule has 3 N–H and O–H groups in total. The third kappa shape index (κ3) is 5.26. The molecule has 6 nitrogen and oxygen atoms in total. The quantitative estimate of drug-likeness (QED) is 0.378. The first-order valence-electron chi connectivity index (χ1n) is 12.4. The zero-order valence-corrected chi connectivity index (χ0v) is 20.4. The standard InChI is InChI=1S/C29H31FN4O2/c1-19-18-33-28-27(19)26(9-12-32-28)36-25-8-7-22(16-23(25)30)17-24(31)29(35)34-13-10-21(11-14-34)15-20-5-3-2-4-6-20/h2-9,12,16,18,21,24H,10-11,13-15,17,31H2,1H3,(H,32,33)/t24-/m0/s1. The summed E-state index contributed by atoms with van der Waals surface area (Å²) < 4.78 is 20.8. The molecule has 0 bridgehead atoms. The Balaban J connectivity index is 1.17. The monoisotopic (exact) mass is 486 g/mol. The molecule has 4 aromatic rings. The van der Waals surface area contributed by atoms with Crippen molar-refractivity contribution in [3.8, 4) is 11.5 Å². The molecule has 1 amide bonds. The van der Waals surface area contributed by atoms with Gasteiger partial charge < -0.3 is 20.4 Å². The van der Waals surface area contributed by atoms with E-state index in [9.17, 15) is 9.18 Å². The Kier molecular flexibility index (Phi) is 7.00. The number of nitrogens with one attached hydrogen (secondary N) is 1. The molecule has 2 aromatic carbocycles. The van der Waals surface area contributed by atoms with Crippen molar-refractivity contribution in [2.75, 3.05) is 13.1 Å². The van der Waals surface area contributed by atoms with Crippen LogP contribution in [0.15, 0.2) is 67.0 Å². The molecule has 1 fully saturated rings. The molecule has 0 spiro atoms. The number of rotatable bonds is 7. The molecule has 7 heteroatoms. The lowest BCUT2D eigenvalue weighted by atomic mass is 9.90. The summed E-state index contributed by atoms with van der Waals surface area (Å²) in [4.78, 5) is 22.2. The second-order valence-corrected chi connectivity index (χ2v) is 9.64. The van der Waals surface area contributed by atoms with E-state index in [0.29, 0.717) is 36.0 Å². The molecule has 2 aromatic heterocycles. The number of piperidine rings is 1. The molecule has 186 valence electrons. The fourth-order valence-electron chi connectivity index (χ4n) is 5.02. The van der Waals surface area contributed by atoms with Crippen molar-refractivity contribution in [2.24, 2.45) is 11.7 Å². The van der Waals surface area contributed by atoms with Gasteiger partial charge in [-0.1, -0.05) is 36.4 Å². The summed E-state index contributed by atoms with van der Waals surface area (Å²) in [5, 5.41) is 0.820. The van der Waals surface area contributed by atoms with Gasteiger partial charge in [-0.05, 0) is 73.4 Å². The van der Waals surface area contributed by atoms with Crippen molar-refractivity contribution < 1.29 is 13.9 Å². The van der Waals surface area contributed by atoms with E-state index in [2.05, 4.69) is 34.2 Å². The van der Waals surface area contributed by atoms with Crippen LogP contribution in [0, 0.1) is 18.7 Å². The number of carbonyl (C=O) groups is 1. The van der Waals surface area contributed by atoms with E-state index in [1.807, 2.05) is 24.1 Å². The lowest BCUT2D eigenvalue weighted by molar-refractivity contribution is -0.133. The fraction of sp³-hybridized carbons (Fsp3) is 0.310. The number of fused-ring (bicyclic) bond motifs is 1. The first kappa shape index (κ1) is 24.0. The van der Waals surface area contributed by atoms with Crippen molar-refractivity contribution in [3.05, 3.63) is 89.5 Å². The number of H-pyrrole nitrogens is 1. The van der Waals surface area contributed by atoms with Crippen LogP contribution in [0.25, 0.3) is 11.0 Å². The minimum absolute atomic E-state index is 0.0731. The molecule has 0 saturated carbocycles. The first-order valence-corrected chi connectivity index (χ1v) is 12.4. The first-order chi connectivity index (χ1) is 17.5. The molecule has 1 atom stereocenters. The molecule has 3 heterocycles. The highest BCUT2D eigenvalue weighted by atomic mass is 19.1. The van der Waals surface area contributed by atoms with Crippen LogP contribution in [0.4, 0.5) is 4.39 Å². The number of carbonyl (C=O) groups excluding carboxylic acids is 1. The molecule has 0 aliphatic carbocycles. The minimum atomic E-state index is -0.704. The number of aryl methyl sites for hydroxylation is 1. The Labute approximate surface area is 210 Å². The molecule has 36 heavy (non-hydrogen) atoms. The number of aromatic nitrogens is 2. The van der Waals surface area contributed by atoms with Crippen molar-refractivity contribution in [1.82, 2.24) is 14.9 Å². The van der Waals surface area contributed by atoms with Crippen molar-refractivity contribution in [3.63, 3.8) is 0 Å². The van der Waals surface area contributed by atoms with Crippen molar-refractivity contribution in [2.45, 2.75) is 38.6 Å². The Bertz CT molecular complexity index is 1350. The van der Waals surface area contributed by atoms with Crippen LogP contribution >= 0.6 is 0 Å². The number of pyridine rings is 1. The van der Waals surface area contributed by atoms with Gasteiger partial charge in [0.2, 0.25) is 5.91 Å². The maximum Gasteiger partial charge on any atom is 0.239 e. The van der Waals surface area contributed by atoms with Crippen molar-refractivity contribution in [1.29, 1.82) is 0 Å². The molecule has 5 rings (SSSR count). The average Bonchev–Trinajstić information content (AvgIpc) is 3.28. The van der Waals surface area contributed by atoms with Crippen LogP contribution in [0.3, 0.4) is 0 Å². The zero-order valence-electron chi connectivity index (χ0n) is 20.4. The van der Waals surface area contributed by atoms with Crippen LogP contribution in [0.5, 0.6) is 11.5 Å². The number of ether oxygens (including phenoxy) is 1. The second-order valence-electron chi connectivity index (χ2n) is 9.64. The van der Waals surface area contributed by atoms with Gasteiger partial charge in [-0.15, -0.1) is 0 Å². The van der Waals surface area contributed by atoms with E-state index in [4.69, 9.17) is 10.5 Å². The van der Waals surface area contributed by atoms with Gasteiger partial charge in [-0.3, -0.25) is 4.79 Å². The van der Waals surface area contributed by atoms with E-state index in [-0.39, 0.29) is 18.1 Å². The third-order valence-corrected chi connectivity index (χ3v) is 7.01. The molecule has 0 radical (unpaired) electrons. The molecule has 1 saturated heterocycles. The molecular weight excluding hydrogens is 455 g/mol. The van der Waals surface area contributed by atoms with Gasteiger partial charge in [0, 0.05) is 25.5 Å². The van der Waals surface area contributed by atoms with Gasteiger partial charge in [0.25, 0.3) is 0 Å². The van der Waals surface area contributed by atoms with Crippen LogP contribution in [-0.4, -0.2) is 39.9 Å². The minimum Gasteiger partial charge on any atom is -0.453 e. The summed E-state index contributed by atoms with van der Waals surface area (Å²) in [6, 6.07) is 16.2. The third-order valence-electron chi connectivity index (χ3n) is 7.01. The average molecular weight is 487 g/mol. The Morgan fingerprint density at radius 1 is 1.14 bits per heavy atom. The fourth-order valence-corrected chi connectivity index (χ4v) is 5.02. The Hall–Kier alpha value is -3.71. The highest BCUT2D eigenvalue weighted by Gasteiger charge is 2.27. The summed E-state index contributed by atoms with van der Waals surface area (Å²) in [5.41, 5.74) is 9.93. The predicted molar refractivity (Wildman–Crippen MR) is 138 cm³/mol. The lowest BCUT2D eigenvalue weighted by Gasteiger charge is -2.33. The molecule has 0 unspecified atom stereocenters. The van der Waals surface area contributed by atoms with Gasteiger partial charge in [0.15, 0.2) is 11.6 Å². The number of hydrogen-bond donors (Lipinski definition) is 2. The lowest BCUT2D eigenvalue weighted by Crippen LogP contribution is -2.48. The summed E-state index contributed by atoms with van der Waals surface area (Å²) in [6.45, 7) is 3.37. The number of nitrogens with zero attached hydrogens (tertiary/aromatic N) is 2. The predicted octanol–water partition coefficient (Wildman–Crippen LogP) is 5.15. The van der Waals surface area contributed by atoms with Gasteiger partial charge in [0.1, 0.15) is 11.4 Å². The summed E-state index contributed by atoms with van der Waals surface area (Å²) in [5.74, 6) is 0.661. The van der Waals surface area contributed by atoms with Crippen molar-refractivity contribution >= 4 is 16.9 Å². The summed E-state index contributed by atoms with van der Waals surface area (Å²) in [6.07, 6.45) is 6.71. The highest BCUT2D eigenvalue weighted by molar-refractivity contribution is 5.86. The zero-order chi connectivity index (χ0) is 25.1. The summed E-state index contributed by atoms with van der Waals surface area (Å²) >= 11 is 0. The van der Waals surface area contributed by atoms with Gasteiger partial charge >= 0.3 is 0 Å². The SMILES string of the molecule is Cc1c[nH]c2nccc(Oc3ccc(C[C@H](N)C(=O)N4CCC(Cc5ccccc5)CC4)cc3F)c12. The number of benzene rings is 2. The maximum absolute atomic E-state index is 14.9. The maximum atomic E-state index is 14.9. The second kappa shape index (κ2) is 10.5. The number of aromatic amines is 1. The topological polar surface area (TPSA) is 84.2 Å². The van der Waals surface area contributed by atoms with Crippen LogP contribution in [-0.2, 0) is 17.6 Å². The smallest absolute Gasteiger partial charge is 0.239 e. The van der Waals surface area contributed by atoms with Crippen LogP contribution in [0.2, 0.25) is 0 Å².